The second-order valence-electron chi connectivity index (χ2n) is 5.75. The van der Waals surface area contributed by atoms with Crippen LogP contribution in [0, 0.1) is 11.3 Å². The van der Waals surface area contributed by atoms with Gasteiger partial charge in [0.25, 0.3) is 0 Å². The van der Waals surface area contributed by atoms with Gasteiger partial charge in [-0.2, -0.15) is 5.26 Å². The van der Waals surface area contributed by atoms with Crippen molar-refractivity contribution >= 4 is 41.0 Å². The summed E-state index contributed by atoms with van der Waals surface area (Å²) in [4.78, 5) is 27.8. The second-order valence-corrected chi connectivity index (χ2v) is 7.64. The van der Waals surface area contributed by atoms with Crippen molar-refractivity contribution in [1.82, 2.24) is 19.8 Å². The number of nitriles is 1. The van der Waals surface area contributed by atoms with Crippen LogP contribution in [-0.2, 0) is 9.59 Å². The Labute approximate surface area is 178 Å². The van der Waals surface area contributed by atoms with Crippen LogP contribution in [0.1, 0.15) is 13.8 Å². The van der Waals surface area contributed by atoms with Gasteiger partial charge in [-0.1, -0.05) is 41.7 Å². The molecule has 2 N–H and O–H groups in total. The molecule has 0 atom stereocenters. The first-order chi connectivity index (χ1) is 14.0. The number of rotatable bonds is 10. The van der Waals surface area contributed by atoms with E-state index in [0.717, 1.165) is 11.8 Å². The highest BCUT2D eigenvalue weighted by Gasteiger charge is 2.19. The van der Waals surface area contributed by atoms with Gasteiger partial charge in [-0.05, 0) is 26.0 Å². The lowest BCUT2D eigenvalue weighted by Gasteiger charge is -2.19. The Morgan fingerprint density at radius 1 is 1.07 bits per heavy atom. The third kappa shape index (κ3) is 6.13. The molecule has 29 heavy (non-hydrogen) atoms. The minimum Gasteiger partial charge on any atom is -0.343 e. The first-order valence-corrected chi connectivity index (χ1v) is 10.9. The SMILES string of the molecule is CCN(CC)C(=O)CSc1nnc(SCC(=O)N(CC#N)c2ccccc2)n1N. The van der Waals surface area contributed by atoms with Crippen molar-refractivity contribution in [2.75, 3.05) is 41.9 Å². The van der Waals surface area contributed by atoms with Crippen LogP contribution >= 0.6 is 23.5 Å². The number of hydrogen-bond acceptors (Lipinski definition) is 8. The van der Waals surface area contributed by atoms with Crippen molar-refractivity contribution in [2.45, 2.75) is 24.2 Å². The molecule has 0 fully saturated rings. The highest BCUT2D eigenvalue weighted by Crippen LogP contribution is 2.22. The molecule has 0 spiro atoms. The molecule has 1 heterocycles. The normalized spacial score (nSPS) is 10.4. The molecule has 0 saturated heterocycles. The molecule has 1 aromatic carbocycles. The lowest BCUT2D eigenvalue weighted by Crippen LogP contribution is -2.33. The van der Waals surface area contributed by atoms with Crippen LogP contribution in [0.3, 0.4) is 0 Å². The van der Waals surface area contributed by atoms with Crippen LogP contribution in [0.4, 0.5) is 5.69 Å². The van der Waals surface area contributed by atoms with Gasteiger partial charge >= 0.3 is 0 Å². The Balaban J connectivity index is 1.96. The lowest BCUT2D eigenvalue weighted by molar-refractivity contribution is -0.128. The van der Waals surface area contributed by atoms with Crippen molar-refractivity contribution in [2.24, 2.45) is 0 Å². The molecular weight excluding hydrogens is 410 g/mol. The number of nitrogens with zero attached hydrogens (tertiary/aromatic N) is 6. The summed E-state index contributed by atoms with van der Waals surface area (Å²) in [5, 5.41) is 17.8. The molecule has 9 nitrogen and oxygen atoms in total. The van der Waals surface area contributed by atoms with E-state index in [1.54, 1.807) is 29.2 Å². The van der Waals surface area contributed by atoms with E-state index >= 15 is 0 Å². The zero-order chi connectivity index (χ0) is 21.2. The second kappa shape index (κ2) is 11.3. The van der Waals surface area contributed by atoms with Gasteiger partial charge in [0.2, 0.25) is 22.1 Å². The third-order valence-corrected chi connectivity index (χ3v) is 5.85. The number of carbonyl (C=O) groups is 2. The first kappa shape index (κ1) is 22.6. The number of nitrogen functional groups attached to an aromatic ring is 1. The average molecular weight is 434 g/mol. The van der Waals surface area contributed by atoms with Gasteiger partial charge < -0.3 is 10.7 Å². The highest BCUT2D eigenvalue weighted by molar-refractivity contribution is 8.00. The zero-order valence-electron chi connectivity index (χ0n) is 16.3. The van der Waals surface area contributed by atoms with Crippen LogP contribution in [0.15, 0.2) is 40.6 Å². The van der Waals surface area contributed by atoms with Gasteiger partial charge in [0, 0.05) is 18.8 Å². The third-order valence-electron chi connectivity index (χ3n) is 4.00. The predicted octanol–water partition coefficient (Wildman–Crippen LogP) is 1.60. The zero-order valence-corrected chi connectivity index (χ0v) is 17.9. The Bertz CT molecular complexity index is 863. The van der Waals surface area contributed by atoms with Crippen molar-refractivity contribution < 1.29 is 9.59 Å². The van der Waals surface area contributed by atoms with Crippen LogP contribution in [0.25, 0.3) is 0 Å². The van der Waals surface area contributed by atoms with E-state index in [0.29, 0.717) is 29.1 Å². The fraction of sp³-hybridized carbons (Fsp3) is 0.389. The number of aromatic nitrogens is 3. The molecule has 11 heteroatoms. The monoisotopic (exact) mass is 433 g/mol. The number of hydrogen-bond donors (Lipinski definition) is 1. The summed E-state index contributed by atoms with van der Waals surface area (Å²) in [7, 11) is 0. The van der Waals surface area contributed by atoms with Gasteiger partial charge in [-0.25, -0.2) is 4.68 Å². The smallest absolute Gasteiger partial charge is 0.238 e. The molecule has 0 aliphatic carbocycles. The molecule has 0 unspecified atom stereocenters. The minimum atomic E-state index is -0.239. The van der Waals surface area contributed by atoms with Crippen LogP contribution < -0.4 is 10.7 Å². The standard InChI is InChI=1S/C18H23N7O2S2/c1-3-23(4-2)15(26)12-28-17-21-22-18(25(17)20)29-13-16(27)24(11-10-19)14-8-6-5-7-9-14/h5-9H,3-4,11-13,20H2,1-2H3. The molecule has 2 aromatic rings. The molecule has 1 aromatic heterocycles. The molecule has 0 radical (unpaired) electrons. The number of amides is 2. The molecule has 0 aliphatic heterocycles. The van der Waals surface area contributed by atoms with Crippen molar-refractivity contribution in [1.29, 1.82) is 5.26 Å². The van der Waals surface area contributed by atoms with Gasteiger partial charge in [0.05, 0.1) is 17.6 Å². The minimum absolute atomic E-state index is 0.00221. The molecule has 0 bridgehead atoms. The Hall–Kier alpha value is -2.71. The largest absolute Gasteiger partial charge is 0.343 e. The van der Waals surface area contributed by atoms with E-state index in [1.165, 1.54) is 21.3 Å². The van der Waals surface area contributed by atoms with Crippen molar-refractivity contribution in [3.63, 3.8) is 0 Å². The molecule has 154 valence electrons. The van der Waals surface area contributed by atoms with Crippen LogP contribution in [0.2, 0.25) is 0 Å². The highest BCUT2D eigenvalue weighted by atomic mass is 32.2. The van der Waals surface area contributed by atoms with Crippen molar-refractivity contribution in [3.05, 3.63) is 30.3 Å². The van der Waals surface area contributed by atoms with Gasteiger partial charge in [-0.15, -0.1) is 10.2 Å². The van der Waals surface area contributed by atoms with Gasteiger partial charge in [0.15, 0.2) is 0 Å². The molecule has 0 aliphatic rings. The van der Waals surface area contributed by atoms with E-state index in [-0.39, 0.29) is 29.9 Å². The molecular formula is C18H23N7O2S2. The Morgan fingerprint density at radius 3 is 2.14 bits per heavy atom. The summed E-state index contributed by atoms with van der Waals surface area (Å²) in [6.45, 7) is 5.10. The molecule has 2 rings (SSSR count). The summed E-state index contributed by atoms with van der Waals surface area (Å²) in [6, 6.07) is 11.0. The fourth-order valence-corrected chi connectivity index (χ4v) is 4.01. The first-order valence-electron chi connectivity index (χ1n) is 8.98. The van der Waals surface area contributed by atoms with E-state index in [9.17, 15) is 9.59 Å². The number of nitrogens with two attached hydrogens (primary N) is 1. The van der Waals surface area contributed by atoms with E-state index in [1.807, 2.05) is 26.0 Å². The van der Waals surface area contributed by atoms with Crippen LogP contribution in [0.5, 0.6) is 0 Å². The summed E-state index contributed by atoms with van der Waals surface area (Å²) >= 11 is 2.33. The van der Waals surface area contributed by atoms with E-state index in [4.69, 9.17) is 11.1 Å². The van der Waals surface area contributed by atoms with E-state index < -0.39 is 0 Å². The topological polar surface area (TPSA) is 121 Å². The van der Waals surface area contributed by atoms with Gasteiger partial charge in [0.1, 0.15) is 6.54 Å². The summed E-state index contributed by atoms with van der Waals surface area (Å²) < 4.78 is 1.27. The number of anilines is 1. The Kier molecular flexibility index (Phi) is 8.82. The maximum atomic E-state index is 12.6. The molecule has 0 saturated carbocycles. The van der Waals surface area contributed by atoms with Crippen LogP contribution in [-0.4, -0.2) is 62.7 Å². The van der Waals surface area contributed by atoms with Crippen molar-refractivity contribution in [3.8, 4) is 6.07 Å². The van der Waals surface area contributed by atoms with E-state index in [2.05, 4.69) is 10.2 Å². The number of carbonyl (C=O) groups excluding carboxylic acids is 2. The quantitative estimate of drug-likeness (QED) is 0.341. The average Bonchev–Trinajstić information content (AvgIpc) is 3.09. The number of benzene rings is 1. The number of thioether (sulfide) groups is 2. The fourth-order valence-electron chi connectivity index (χ4n) is 2.46. The van der Waals surface area contributed by atoms with Gasteiger partial charge in [-0.3, -0.25) is 14.5 Å². The maximum absolute atomic E-state index is 12.6. The summed E-state index contributed by atoms with van der Waals surface area (Å²) in [5.74, 6) is 6.04. The summed E-state index contributed by atoms with van der Waals surface area (Å²) in [5.41, 5.74) is 0.653. The number of para-hydroxylation sites is 1. The predicted molar refractivity (Wildman–Crippen MR) is 114 cm³/mol. The lowest BCUT2D eigenvalue weighted by atomic mass is 10.3. The molecule has 2 amide bonds. The Morgan fingerprint density at radius 2 is 1.62 bits per heavy atom. The maximum Gasteiger partial charge on any atom is 0.238 e. The summed E-state index contributed by atoms with van der Waals surface area (Å²) in [6.07, 6.45) is 0.